The fourth-order valence-electron chi connectivity index (χ4n) is 3.63. The minimum Gasteiger partial charge on any atom is -0.481 e. The van der Waals surface area contributed by atoms with E-state index in [0.717, 1.165) is 5.56 Å². The summed E-state index contributed by atoms with van der Waals surface area (Å²) in [7, 11) is 1.27. The number of carbonyl (C=O) groups excluding carboxylic acids is 1. The van der Waals surface area contributed by atoms with Gasteiger partial charge in [-0.1, -0.05) is 49.4 Å². The van der Waals surface area contributed by atoms with Crippen LogP contribution in [0, 0.1) is 17.3 Å². The van der Waals surface area contributed by atoms with Gasteiger partial charge >= 0.3 is 11.9 Å². The topological polar surface area (TPSA) is 82.1 Å². The summed E-state index contributed by atoms with van der Waals surface area (Å²) in [6.45, 7) is 4.87. The van der Waals surface area contributed by atoms with E-state index < -0.39 is 35.3 Å². The van der Waals surface area contributed by atoms with Crippen LogP contribution in [0.25, 0.3) is 0 Å². The zero-order valence-corrected chi connectivity index (χ0v) is 16.1. The molecule has 0 unspecified atom stereocenters. The van der Waals surface area contributed by atoms with Crippen LogP contribution >= 0.6 is 0 Å². The van der Waals surface area contributed by atoms with Crippen molar-refractivity contribution in [3.63, 3.8) is 0 Å². The Labute approximate surface area is 160 Å². The van der Waals surface area contributed by atoms with E-state index in [2.05, 4.69) is 0 Å². The molecule has 1 aliphatic carbocycles. The number of methoxy groups -OCH3 is 1. The van der Waals surface area contributed by atoms with E-state index >= 15 is 0 Å². The van der Waals surface area contributed by atoms with Gasteiger partial charge in [0.1, 0.15) is 5.92 Å². The number of allylic oxidation sites excluding steroid dienone is 1. The Bertz CT molecular complexity index is 656. The first kappa shape index (κ1) is 21.1. The summed E-state index contributed by atoms with van der Waals surface area (Å²) in [5.74, 6) is -3.45. The van der Waals surface area contributed by atoms with Crippen molar-refractivity contribution in [2.24, 2.45) is 17.3 Å². The van der Waals surface area contributed by atoms with E-state index in [1.807, 2.05) is 50.3 Å². The molecule has 0 spiro atoms. The van der Waals surface area contributed by atoms with E-state index in [4.69, 9.17) is 14.2 Å². The highest BCUT2D eigenvalue weighted by Gasteiger charge is 2.51. The number of aliphatic carboxylic acids is 1. The van der Waals surface area contributed by atoms with Crippen LogP contribution in [-0.2, 0) is 30.4 Å². The SMILES string of the molecule is CCO[C@@H]1C=C[C@](C)(CCOCc2ccccc2)[C@H](C(=O)O)[C@@H]1C(=O)OC. The standard InChI is InChI=1S/C21H28O6/c1-4-27-16-10-11-21(2,18(19(22)23)17(16)20(24)25-3)12-13-26-14-15-8-6-5-7-9-15/h5-11,16-18H,4,12-14H2,1-3H3,(H,22,23)/t16-,17-,18+,21-/m1/s1. The summed E-state index contributed by atoms with van der Waals surface area (Å²) in [5, 5.41) is 9.87. The molecule has 0 saturated heterocycles. The second-order valence-electron chi connectivity index (χ2n) is 6.94. The number of benzene rings is 1. The summed E-state index contributed by atoms with van der Waals surface area (Å²) >= 11 is 0. The number of hydrogen-bond donors (Lipinski definition) is 1. The minimum absolute atomic E-state index is 0.381. The zero-order chi connectivity index (χ0) is 19.9. The van der Waals surface area contributed by atoms with Crippen molar-refractivity contribution in [3.05, 3.63) is 48.0 Å². The summed E-state index contributed by atoms with van der Waals surface area (Å²) < 4.78 is 16.2. The van der Waals surface area contributed by atoms with Gasteiger partial charge in [-0.2, -0.15) is 0 Å². The lowest BCUT2D eigenvalue weighted by Gasteiger charge is -2.42. The minimum atomic E-state index is -1.04. The van der Waals surface area contributed by atoms with E-state index in [1.165, 1.54) is 7.11 Å². The van der Waals surface area contributed by atoms with Crippen molar-refractivity contribution >= 4 is 11.9 Å². The molecule has 0 aromatic heterocycles. The van der Waals surface area contributed by atoms with Crippen molar-refractivity contribution in [2.75, 3.05) is 20.3 Å². The number of carboxylic acid groups (broad SMARTS) is 1. The van der Waals surface area contributed by atoms with Crippen molar-refractivity contribution < 1.29 is 28.9 Å². The van der Waals surface area contributed by atoms with Gasteiger partial charge in [-0.3, -0.25) is 9.59 Å². The number of carbonyl (C=O) groups is 2. The second-order valence-corrected chi connectivity index (χ2v) is 6.94. The molecule has 1 N–H and O–H groups in total. The first-order valence-electron chi connectivity index (χ1n) is 9.16. The van der Waals surface area contributed by atoms with Crippen LogP contribution in [0.5, 0.6) is 0 Å². The number of esters is 1. The van der Waals surface area contributed by atoms with Gasteiger partial charge in [-0.25, -0.2) is 0 Å². The fourth-order valence-corrected chi connectivity index (χ4v) is 3.63. The molecule has 1 aromatic carbocycles. The molecule has 4 atom stereocenters. The molecular formula is C21H28O6. The fraction of sp³-hybridized carbons (Fsp3) is 0.524. The molecule has 27 heavy (non-hydrogen) atoms. The molecule has 6 nitrogen and oxygen atoms in total. The first-order chi connectivity index (χ1) is 12.9. The van der Waals surface area contributed by atoms with Gasteiger partial charge in [0.15, 0.2) is 0 Å². The van der Waals surface area contributed by atoms with Crippen molar-refractivity contribution in [1.82, 2.24) is 0 Å². The van der Waals surface area contributed by atoms with Crippen molar-refractivity contribution in [3.8, 4) is 0 Å². The lowest BCUT2D eigenvalue weighted by molar-refractivity contribution is -0.167. The van der Waals surface area contributed by atoms with Gasteiger partial charge in [-0.15, -0.1) is 0 Å². The van der Waals surface area contributed by atoms with Gasteiger partial charge in [-0.05, 0) is 18.9 Å². The largest absolute Gasteiger partial charge is 0.481 e. The highest BCUT2D eigenvalue weighted by Crippen LogP contribution is 2.44. The van der Waals surface area contributed by atoms with Crippen LogP contribution in [0.2, 0.25) is 0 Å². The maximum Gasteiger partial charge on any atom is 0.312 e. The van der Waals surface area contributed by atoms with E-state index in [1.54, 1.807) is 6.08 Å². The Morgan fingerprint density at radius 3 is 2.52 bits per heavy atom. The average Bonchev–Trinajstić information content (AvgIpc) is 2.66. The van der Waals surface area contributed by atoms with Gasteiger partial charge in [0, 0.05) is 18.6 Å². The number of hydrogen-bond acceptors (Lipinski definition) is 5. The molecule has 0 bridgehead atoms. The second kappa shape index (κ2) is 9.67. The first-order valence-corrected chi connectivity index (χ1v) is 9.16. The molecule has 0 saturated carbocycles. The number of rotatable bonds is 9. The average molecular weight is 376 g/mol. The predicted molar refractivity (Wildman–Crippen MR) is 100 cm³/mol. The lowest BCUT2D eigenvalue weighted by atomic mass is 9.63. The van der Waals surface area contributed by atoms with Crippen LogP contribution in [0.15, 0.2) is 42.5 Å². The quantitative estimate of drug-likeness (QED) is 0.405. The summed E-state index contributed by atoms with van der Waals surface area (Å²) in [4.78, 5) is 24.4. The van der Waals surface area contributed by atoms with Gasteiger partial charge in [0.25, 0.3) is 0 Å². The van der Waals surface area contributed by atoms with Crippen LogP contribution in [0.4, 0.5) is 0 Å². The molecule has 0 heterocycles. The molecule has 1 aliphatic rings. The van der Waals surface area contributed by atoms with E-state index in [-0.39, 0.29) is 0 Å². The molecule has 0 fully saturated rings. The summed E-state index contributed by atoms with van der Waals surface area (Å²) in [5.41, 5.74) is 0.315. The molecule has 148 valence electrons. The Balaban J connectivity index is 2.12. The van der Waals surface area contributed by atoms with Gasteiger partial charge in [0.05, 0.1) is 25.7 Å². The molecule has 6 heteroatoms. The maximum atomic E-state index is 12.3. The van der Waals surface area contributed by atoms with Crippen molar-refractivity contribution in [1.29, 1.82) is 0 Å². The molecule has 1 aromatic rings. The lowest BCUT2D eigenvalue weighted by Crippen LogP contribution is -2.50. The van der Waals surface area contributed by atoms with Gasteiger partial charge in [0.2, 0.25) is 0 Å². The Morgan fingerprint density at radius 1 is 1.22 bits per heavy atom. The maximum absolute atomic E-state index is 12.3. The molecular weight excluding hydrogens is 348 g/mol. The highest BCUT2D eigenvalue weighted by molar-refractivity contribution is 5.83. The highest BCUT2D eigenvalue weighted by atomic mass is 16.5. The normalized spacial score (nSPS) is 27.3. The summed E-state index contributed by atoms with van der Waals surface area (Å²) in [6, 6.07) is 9.78. The van der Waals surface area contributed by atoms with Crippen LogP contribution in [0.3, 0.4) is 0 Å². The third kappa shape index (κ3) is 5.17. The van der Waals surface area contributed by atoms with Crippen LogP contribution < -0.4 is 0 Å². The third-order valence-electron chi connectivity index (χ3n) is 5.09. The number of carboxylic acids is 1. The Kier molecular flexibility index (Phi) is 7.56. The third-order valence-corrected chi connectivity index (χ3v) is 5.09. The van der Waals surface area contributed by atoms with Crippen LogP contribution in [0.1, 0.15) is 25.8 Å². The van der Waals surface area contributed by atoms with Crippen LogP contribution in [-0.4, -0.2) is 43.5 Å². The monoisotopic (exact) mass is 376 g/mol. The molecule has 0 aliphatic heterocycles. The van der Waals surface area contributed by atoms with Crippen molar-refractivity contribution in [2.45, 2.75) is 33.0 Å². The smallest absolute Gasteiger partial charge is 0.312 e. The summed E-state index contributed by atoms with van der Waals surface area (Å²) in [6.07, 6.45) is 3.49. The number of ether oxygens (including phenoxy) is 3. The Hall–Kier alpha value is -2.18. The molecule has 0 amide bonds. The molecule has 0 radical (unpaired) electrons. The molecule has 2 rings (SSSR count). The van der Waals surface area contributed by atoms with E-state index in [9.17, 15) is 14.7 Å². The Morgan fingerprint density at radius 2 is 1.93 bits per heavy atom. The van der Waals surface area contributed by atoms with E-state index in [0.29, 0.717) is 26.2 Å². The van der Waals surface area contributed by atoms with Gasteiger partial charge < -0.3 is 19.3 Å². The predicted octanol–water partition coefficient (Wildman–Crippen LogP) is 3.06. The zero-order valence-electron chi connectivity index (χ0n) is 16.1.